The van der Waals surface area contributed by atoms with Gasteiger partial charge in [0.15, 0.2) is 5.82 Å². The van der Waals surface area contributed by atoms with Crippen LogP contribution in [-0.4, -0.2) is 59.8 Å². The maximum Gasteiger partial charge on any atom is 0.293 e. The van der Waals surface area contributed by atoms with Gasteiger partial charge in [-0.15, -0.1) is 11.3 Å². The topological polar surface area (TPSA) is 67.7 Å². The molecule has 1 amide bonds. The number of nitrogens with zero attached hydrogens (tertiary/aromatic N) is 4. The first kappa shape index (κ1) is 17.6. The Bertz CT molecular complexity index is 774. The van der Waals surface area contributed by atoms with E-state index < -0.39 is 0 Å². The Hall–Kier alpha value is -2.19. The van der Waals surface area contributed by atoms with E-state index in [2.05, 4.69) is 4.98 Å². The summed E-state index contributed by atoms with van der Waals surface area (Å²) in [7, 11) is 3.52. The van der Waals surface area contributed by atoms with Gasteiger partial charge in [0.2, 0.25) is 5.91 Å². The van der Waals surface area contributed by atoms with E-state index in [4.69, 9.17) is 4.74 Å². The zero-order chi connectivity index (χ0) is 17.8. The van der Waals surface area contributed by atoms with Crippen LogP contribution in [0.5, 0.6) is 0 Å². The molecule has 0 radical (unpaired) electrons. The lowest BCUT2D eigenvalue weighted by molar-refractivity contribution is -0.137. The summed E-state index contributed by atoms with van der Waals surface area (Å²) >= 11 is 1.59. The van der Waals surface area contributed by atoms with Crippen molar-refractivity contribution in [2.24, 2.45) is 7.05 Å². The number of ether oxygens (including phenoxy) is 1. The fourth-order valence-corrected chi connectivity index (χ4v) is 3.56. The van der Waals surface area contributed by atoms with Crippen molar-refractivity contribution in [2.75, 3.05) is 38.2 Å². The molecule has 0 bridgehead atoms. The molecule has 2 aromatic rings. The summed E-state index contributed by atoms with van der Waals surface area (Å²) in [5.74, 6) is 0.503. The Morgan fingerprint density at radius 2 is 2.36 bits per heavy atom. The molecule has 1 saturated heterocycles. The van der Waals surface area contributed by atoms with Gasteiger partial charge in [0.1, 0.15) is 0 Å². The molecule has 1 aliphatic rings. The molecule has 0 aliphatic carbocycles. The third kappa shape index (κ3) is 4.26. The summed E-state index contributed by atoms with van der Waals surface area (Å²) < 4.78 is 7.28. The van der Waals surface area contributed by atoms with Gasteiger partial charge < -0.3 is 19.1 Å². The first-order valence-electron chi connectivity index (χ1n) is 8.19. The van der Waals surface area contributed by atoms with Gasteiger partial charge in [-0.25, -0.2) is 4.98 Å². The van der Waals surface area contributed by atoms with E-state index in [1.807, 2.05) is 29.5 Å². The van der Waals surface area contributed by atoms with Gasteiger partial charge in [-0.1, -0.05) is 6.07 Å². The van der Waals surface area contributed by atoms with Crippen LogP contribution < -0.4 is 10.5 Å². The Balaban J connectivity index is 1.60. The first-order chi connectivity index (χ1) is 12.0. The van der Waals surface area contributed by atoms with Gasteiger partial charge >= 0.3 is 0 Å². The molecule has 0 spiro atoms. The number of thiophene rings is 1. The number of aryl methyl sites for hydroxylation is 1. The standard InChI is InChI=1S/C17H22N4O3S/c1-19-6-5-18-16(17(19)23)20(2)11-13-12-21(7-8-24-13)15(22)10-14-4-3-9-25-14/h3-6,9,13H,7-8,10-12H2,1-2H3. The summed E-state index contributed by atoms with van der Waals surface area (Å²) in [4.78, 5) is 33.5. The lowest BCUT2D eigenvalue weighted by Gasteiger charge is -2.35. The van der Waals surface area contributed by atoms with E-state index >= 15 is 0 Å². The van der Waals surface area contributed by atoms with Crippen LogP contribution in [0.25, 0.3) is 0 Å². The predicted molar refractivity (Wildman–Crippen MR) is 97.1 cm³/mol. The second-order valence-corrected chi connectivity index (χ2v) is 7.17. The molecule has 3 rings (SSSR count). The molecule has 134 valence electrons. The fourth-order valence-electron chi connectivity index (χ4n) is 2.87. The summed E-state index contributed by atoms with van der Waals surface area (Å²) in [5.41, 5.74) is -0.147. The third-order valence-corrected chi connectivity index (χ3v) is 5.11. The van der Waals surface area contributed by atoms with Crippen molar-refractivity contribution >= 4 is 23.1 Å². The van der Waals surface area contributed by atoms with E-state index in [-0.39, 0.29) is 17.6 Å². The summed E-state index contributed by atoms with van der Waals surface area (Å²) in [5, 5.41) is 1.98. The minimum absolute atomic E-state index is 0.118. The number of morpholine rings is 1. The maximum atomic E-state index is 12.5. The molecule has 3 heterocycles. The number of carbonyl (C=O) groups is 1. The molecular formula is C17H22N4O3S. The zero-order valence-corrected chi connectivity index (χ0v) is 15.2. The molecule has 25 heavy (non-hydrogen) atoms. The lowest BCUT2D eigenvalue weighted by Crippen LogP contribution is -2.50. The highest BCUT2D eigenvalue weighted by molar-refractivity contribution is 7.10. The van der Waals surface area contributed by atoms with Crippen LogP contribution >= 0.6 is 11.3 Å². The monoisotopic (exact) mass is 362 g/mol. The van der Waals surface area contributed by atoms with Gasteiger partial charge in [-0.3, -0.25) is 9.59 Å². The van der Waals surface area contributed by atoms with Crippen molar-refractivity contribution in [3.05, 3.63) is 45.1 Å². The molecular weight excluding hydrogens is 340 g/mol. The number of likely N-dealkylation sites (N-methyl/N-ethyl adjacent to an activating group) is 1. The Labute approximate surface area is 150 Å². The van der Waals surface area contributed by atoms with Crippen LogP contribution in [0.2, 0.25) is 0 Å². The van der Waals surface area contributed by atoms with E-state index in [1.165, 1.54) is 4.57 Å². The van der Waals surface area contributed by atoms with E-state index in [0.717, 1.165) is 4.88 Å². The van der Waals surface area contributed by atoms with Crippen molar-refractivity contribution in [1.82, 2.24) is 14.5 Å². The van der Waals surface area contributed by atoms with E-state index in [9.17, 15) is 9.59 Å². The fraction of sp³-hybridized carbons (Fsp3) is 0.471. The van der Waals surface area contributed by atoms with Crippen molar-refractivity contribution in [2.45, 2.75) is 12.5 Å². The molecule has 1 unspecified atom stereocenters. The molecule has 0 saturated carbocycles. The molecule has 1 fully saturated rings. The van der Waals surface area contributed by atoms with Gasteiger partial charge in [0.05, 0.1) is 19.1 Å². The zero-order valence-electron chi connectivity index (χ0n) is 14.4. The highest BCUT2D eigenvalue weighted by Crippen LogP contribution is 2.14. The van der Waals surface area contributed by atoms with Crippen molar-refractivity contribution in [3.63, 3.8) is 0 Å². The minimum atomic E-state index is -0.147. The SMILES string of the molecule is CN(CC1CN(C(=O)Cc2cccs2)CCO1)c1nccn(C)c1=O. The molecule has 1 atom stereocenters. The normalized spacial score (nSPS) is 17.5. The van der Waals surface area contributed by atoms with Crippen LogP contribution in [0.4, 0.5) is 5.82 Å². The molecule has 7 nitrogen and oxygen atoms in total. The number of carbonyl (C=O) groups excluding carboxylic acids is 1. The predicted octanol–water partition coefficient (Wildman–Crippen LogP) is 0.748. The van der Waals surface area contributed by atoms with Crippen LogP contribution in [0, 0.1) is 0 Å². The average Bonchev–Trinajstić information content (AvgIpc) is 3.10. The number of rotatable bonds is 5. The maximum absolute atomic E-state index is 12.5. The van der Waals surface area contributed by atoms with Crippen LogP contribution in [0.3, 0.4) is 0 Å². The minimum Gasteiger partial charge on any atom is -0.373 e. The van der Waals surface area contributed by atoms with Gasteiger partial charge in [-0.05, 0) is 11.4 Å². The van der Waals surface area contributed by atoms with Crippen LogP contribution in [-0.2, 0) is 23.0 Å². The van der Waals surface area contributed by atoms with Gasteiger partial charge in [0, 0.05) is 51.0 Å². The quantitative estimate of drug-likeness (QED) is 0.785. The van der Waals surface area contributed by atoms with Gasteiger partial charge in [-0.2, -0.15) is 0 Å². The number of hydrogen-bond donors (Lipinski definition) is 0. The first-order valence-corrected chi connectivity index (χ1v) is 9.07. The second kappa shape index (κ2) is 7.79. The van der Waals surface area contributed by atoms with E-state index in [0.29, 0.717) is 38.5 Å². The Morgan fingerprint density at radius 3 is 3.12 bits per heavy atom. The van der Waals surface area contributed by atoms with Crippen molar-refractivity contribution in [3.8, 4) is 0 Å². The Kier molecular flexibility index (Phi) is 5.50. The smallest absolute Gasteiger partial charge is 0.293 e. The van der Waals surface area contributed by atoms with Crippen LogP contribution in [0.15, 0.2) is 34.7 Å². The van der Waals surface area contributed by atoms with E-state index in [1.54, 1.807) is 35.7 Å². The molecule has 2 aromatic heterocycles. The molecule has 1 aliphatic heterocycles. The lowest BCUT2D eigenvalue weighted by atomic mass is 10.2. The molecule has 0 N–H and O–H groups in total. The summed E-state index contributed by atoms with van der Waals surface area (Å²) in [6, 6.07) is 3.93. The van der Waals surface area contributed by atoms with Crippen molar-refractivity contribution < 1.29 is 9.53 Å². The second-order valence-electron chi connectivity index (χ2n) is 6.14. The summed E-state index contributed by atoms with van der Waals surface area (Å²) in [6.45, 7) is 2.15. The summed E-state index contributed by atoms with van der Waals surface area (Å²) in [6.07, 6.45) is 3.52. The van der Waals surface area contributed by atoms with Gasteiger partial charge in [0.25, 0.3) is 5.56 Å². The largest absolute Gasteiger partial charge is 0.373 e. The number of hydrogen-bond acceptors (Lipinski definition) is 6. The third-order valence-electron chi connectivity index (χ3n) is 4.23. The number of anilines is 1. The highest BCUT2D eigenvalue weighted by Gasteiger charge is 2.26. The van der Waals surface area contributed by atoms with Crippen molar-refractivity contribution in [1.29, 1.82) is 0 Å². The highest BCUT2D eigenvalue weighted by atomic mass is 32.1. The molecule has 0 aromatic carbocycles. The van der Waals surface area contributed by atoms with Crippen LogP contribution in [0.1, 0.15) is 4.88 Å². The number of amides is 1. The molecule has 8 heteroatoms. The number of aromatic nitrogens is 2. The average molecular weight is 362 g/mol. The Morgan fingerprint density at radius 1 is 1.52 bits per heavy atom.